The zero-order valence-corrected chi connectivity index (χ0v) is 18.5. The molecule has 0 saturated heterocycles. The second kappa shape index (κ2) is 7.73. The molecule has 4 nitrogen and oxygen atoms in total. The first kappa shape index (κ1) is 22.5. The van der Waals surface area contributed by atoms with Gasteiger partial charge in [-0.3, -0.25) is 4.79 Å². The van der Waals surface area contributed by atoms with Gasteiger partial charge in [-0.15, -0.1) is 0 Å². The van der Waals surface area contributed by atoms with Gasteiger partial charge >= 0.3 is 12.1 Å². The number of carboxylic acid groups (broad SMARTS) is 1. The minimum atomic E-state index is -4.36. The molecule has 0 aliphatic heterocycles. The van der Waals surface area contributed by atoms with E-state index >= 15 is 0 Å². The third-order valence-electron chi connectivity index (χ3n) is 7.45. The summed E-state index contributed by atoms with van der Waals surface area (Å²) in [4.78, 5) is 12.5. The van der Waals surface area contributed by atoms with E-state index in [1.165, 1.54) is 12.1 Å². The Bertz CT molecular complexity index is 852. The van der Waals surface area contributed by atoms with Crippen LogP contribution >= 0.6 is 12.2 Å². The molecule has 170 valence electrons. The molecule has 4 saturated carbocycles. The van der Waals surface area contributed by atoms with Crippen molar-refractivity contribution in [3.05, 3.63) is 35.4 Å². The molecule has 2 unspecified atom stereocenters. The first-order valence-corrected chi connectivity index (χ1v) is 11.1. The van der Waals surface area contributed by atoms with E-state index in [1.54, 1.807) is 0 Å². The van der Waals surface area contributed by atoms with Gasteiger partial charge in [0, 0.05) is 6.04 Å². The molecule has 0 radical (unpaired) electrons. The van der Waals surface area contributed by atoms with Gasteiger partial charge in [0.2, 0.25) is 0 Å². The fraction of sp³-hybridized carbons (Fsp3) is 0.652. The maximum Gasteiger partial charge on any atom is 0.416 e. The highest BCUT2D eigenvalue weighted by Crippen LogP contribution is 2.60. The summed E-state index contributed by atoms with van der Waals surface area (Å²) >= 11 is 5.65. The Balaban J connectivity index is 1.37. The number of carbonyl (C=O) groups is 1. The van der Waals surface area contributed by atoms with Gasteiger partial charge in [0.15, 0.2) is 0 Å². The lowest BCUT2D eigenvalue weighted by atomic mass is 9.48. The minimum absolute atomic E-state index is 0.148. The van der Waals surface area contributed by atoms with Crippen molar-refractivity contribution in [1.29, 1.82) is 0 Å². The van der Waals surface area contributed by atoms with Gasteiger partial charge in [-0.1, -0.05) is 24.4 Å². The standard InChI is InChI=1S/C23H28F3NO3S/c1-21(2,30-12-13-3-5-17(6-4-13)23(24,25)26)19(31)27-18-15-7-14-8-16(18)11-22(9-14,10-15)20(28)29/h3-6,14-16,18H,7-12H2,1-2H3,(H,27,31)(H,28,29). The number of ether oxygens (including phenoxy) is 1. The van der Waals surface area contributed by atoms with Crippen LogP contribution in [0, 0.1) is 23.2 Å². The quantitative estimate of drug-likeness (QED) is 0.578. The number of benzene rings is 1. The van der Waals surface area contributed by atoms with E-state index in [9.17, 15) is 23.1 Å². The second-order valence-electron chi connectivity index (χ2n) is 10.0. The topological polar surface area (TPSA) is 58.6 Å². The molecule has 5 rings (SSSR count). The molecule has 4 fully saturated rings. The number of hydrogen-bond acceptors (Lipinski definition) is 3. The Morgan fingerprint density at radius 2 is 1.74 bits per heavy atom. The first-order chi connectivity index (χ1) is 14.4. The molecule has 1 aromatic carbocycles. The highest BCUT2D eigenvalue weighted by molar-refractivity contribution is 7.80. The molecular formula is C23H28F3NO3S. The van der Waals surface area contributed by atoms with Gasteiger partial charge in [-0.2, -0.15) is 13.2 Å². The predicted octanol–water partition coefficient (Wildman–Crippen LogP) is 5.20. The molecular weight excluding hydrogens is 427 g/mol. The number of alkyl halides is 3. The Kier molecular flexibility index (Phi) is 5.61. The Morgan fingerprint density at radius 1 is 1.16 bits per heavy atom. The molecule has 0 heterocycles. The fourth-order valence-corrected chi connectivity index (χ4v) is 6.16. The smallest absolute Gasteiger partial charge is 0.416 e. The van der Waals surface area contributed by atoms with Crippen molar-refractivity contribution in [1.82, 2.24) is 5.32 Å². The summed E-state index contributed by atoms with van der Waals surface area (Å²) in [6.45, 7) is 3.84. The number of halogens is 3. The van der Waals surface area contributed by atoms with Crippen molar-refractivity contribution in [3.63, 3.8) is 0 Å². The number of aliphatic carboxylic acids is 1. The highest BCUT2D eigenvalue weighted by atomic mass is 32.1. The summed E-state index contributed by atoms with van der Waals surface area (Å²) in [5.41, 5.74) is -1.40. The molecule has 2 atom stereocenters. The van der Waals surface area contributed by atoms with Gasteiger partial charge < -0.3 is 15.2 Å². The largest absolute Gasteiger partial charge is 0.481 e. The SMILES string of the molecule is CC(C)(OCc1ccc(C(F)(F)F)cc1)C(=S)NC1C2CC3CC1CC(C(=O)O)(C3)C2. The van der Waals surface area contributed by atoms with E-state index in [1.807, 2.05) is 13.8 Å². The lowest BCUT2D eigenvalue weighted by molar-refractivity contribution is -0.166. The van der Waals surface area contributed by atoms with Crippen LogP contribution < -0.4 is 5.32 Å². The lowest BCUT2D eigenvalue weighted by Crippen LogP contribution is -2.62. The number of hydrogen-bond donors (Lipinski definition) is 2. The molecule has 4 aliphatic rings. The Labute approximate surface area is 185 Å². The summed E-state index contributed by atoms with van der Waals surface area (Å²) in [5.74, 6) is 0.425. The summed E-state index contributed by atoms with van der Waals surface area (Å²) in [7, 11) is 0. The van der Waals surface area contributed by atoms with Crippen molar-refractivity contribution in [2.75, 3.05) is 0 Å². The van der Waals surface area contributed by atoms with E-state index < -0.39 is 28.7 Å². The van der Waals surface area contributed by atoms with E-state index in [4.69, 9.17) is 17.0 Å². The average Bonchev–Trinajstić information content (AvgIpc) is 2.68. The van der Waals surface area contributed by atoms with Gasteiger partial charge in [0.05, 0.1) is 17.6 Å². The Hall–Kier alpha value is -1.67. The molecule has 0 amide bonds. The zero-order valence-electron chi connectivity index (χ0n) is 17.7. The van der Waals surface area contributed by atoms with Crippen molar-refractivity contribution in [2.45, 2.75) is 70.4 Å². The van der Waals surface area contributed by atoms with Crippen molar-refractivity contribution < 1.29 is 27.8 Å². The van der Waals surface area contributed by atoms with Crippen LogP contribution in [0.15, 0.2) is 24.3 Å². The van der Waals surface area contributed by atoms with Gasteiger partial charge in [0.25, 0.3) is 0 Å². The maximum atomic E-state index is 12.7. The van der Waals surface area contributed by atoms with Crippen LogP contribution in [0.5, 0.6) is 0 Å². The number of carboxylic acids is 1. The molecule has 8 heteroatoms. The Morgan fingerprint density at radius 3 is 2.26 bits per heavy atom. The summed E-state index contributed by atoms with van der Waals surface area (Å²) in [5, 5.41) is 13.3. The molecule has 1 aromatic rings. The van der Waals surface area contributed by atoms with Crippen LogP contribution in [0.4, 0.5) is 13.2 Å². The summed E-state index contributed by atoms with van der Waals surface area (Å²) in [6, 6.07) is 5.09. The molecule has 4 bridgehead atoms. The van der Waals surface area contributed by atoms with Gasteiger partial charge in [-0.05, 0) is 81.4 Å². The summed E-state index contributed by atoms with van der Waals surface area (Å²) < 4.78 is 44.2. The second-order valence-corrected chi connectivity index (χ2v) is 10.5. The van der Waals surface area contributed by atoms with Crippen molar-refractivity contribution >= 4 is 23.2 Å². The van der Waals surface area contributed by atoms with Crippen molar-refractivity contribution in [3.8, 4) is 0 Å². The monoisotopic (exact) mass is 455 g/mol. The van der Waals surface area contributed by atoms with Crippen LogP contribution in [0.1, 0.15) is 57.1 Å². The van der Waals surface area contributed by atoms with Crippen molar-refractivity contribution in [2.24, 2.45) is 23.2 Å². The molecule has 2 N–H and O–H groups in total. The van der Waals surface area contributed by atoms with Gasteiger partial charge in [0.1, 0.15) is 10.6 Å². The maximum absolute atomic E-state index is 12.7. The zero-order chi connectivity index (χ0) is 22.6. The average molecular weight is 456 g/mol. The van der Waals surface area contributed by atoms with E-state index in [0.717, 1.165) is 31.4 Å². The van der Waals surface area contributed by atoms with Crippen LogP contribution in [0.2, 0.25) is 0 Å². The predicted molar refractivity (Wildman–Crippen MR) is 113 cm³/mol. The third kappa shape index (κ3) is 4.33. The first-order valence-electron chi connectivity index (χ1n) is 10.7. The number of nitrogens with one attached hydrogen (secondary N) is 1. The third-order valence-corrected chi connectivity index (χ3v) is 8.06. The van der Waals surface area contributed by atoms with Crippen LogP contribution in [0.25, 0.3) is 0 Å². The number of rotatable bonds is 6. The van der Waals surface area contributed by atoms with Crippen LogP contribution in [0.3, 0.4) is 0 Å². The normalized spacial score (nSPS) is 32.2. The van der Waals surface area contributed by atoms with Gasteiger partial charge in [-0.25, -0.2) is 0 Å². The molecule has 4 aliphatic carbocycles. The fourth-order valence-electron chi connectivity index (χ4n) is 5.97. The van der Waals surface area contributed by atoms with E-state index in [0.29, 0.717) is 41.1 Å². The number of thiocarbonyl (C=S) groups is 1. The van der Waals surface area contributed by atoms with Crippen LogP contribution in [-0.2, 0) is 22.3 Å². The molecule has 31 heavy (non-hydrogen) atoms. The minimum Gasteiger partial charge on any atom is -0.481 e. The van der Waals surface area contributed by atoms with E-state index in [2.05, 4.69) is 5.32 Å². The summed E-state index contributed by atoms with van der Waals surface area (Å²) in [6.07, 6.45) is -0.0849. The van der Waals surface area contributed by atoms with Crippen LogP contribution in [-0.4, -0.2) is 27.7 Å². The molecule has 0 aromatic heterocycles. The lowest BCUT2D eigenvalue weighted by Gasteiger charge is -2.58. The highest BCUT2D eigenvalue weighted by Gasteiger charge is 2.59. The molecule has 0 spiro atoms. The van der Waals surface area contributed by atoms with E-state index in [-0.39, 0.29) is 12.6 Å².